The lowest BCUT2D eigenvalue weighted by molar-refractivity contribution is -0.305. The summed E-state index contributed by atoms with van der Waals surface area (Å²) in [6.45, 7) is 5.71. The number of rotatable bonds is 56. The first-order chi connectivity index (χ1) is 37.7. The molecule has 8 atom stereocenters. The van der Waals surface area contributed by atoms with E-state index in [2.05, 4.69) is 50.4 Å². The molecule has 0 radical (unpaired) electrons. The molecule has 0 aliphatic carbocycles. The number of nitrogens with one attached hydrogen (secondary N) is 1. The standard InChI is InChI=1S/C66H123NO10/c1-4-7-10-13-16-19-22-25-26-27-28-29-30-31-32-33-34-36-39-42-45-48-51-54-61(71)77-64-63(73)62(72)60(55-68)76-66(64)75-56-57(58(69)52-49-46-43-40-37-24-21-18-15-12-9-6-3)67-65(74)59(70)53-50-47-44-41-38-35-23-20-17-14-11-8-5-2/h8,11,17,20,49,52,57-60,62-64,66,68-70,72-73H,4-7,9-10,12-16,18-19,21-48,50-51,53-56H2,1-3H3,(H,67,74)/b11-8+,20-17+,52-49+. The van der Waals surface area contributed by atoms with E-state index >= 15 is 0 Å². The van der Waals surface area contributed by atoms with Crippen LogP contribution in [0.3, 0.4) is 0 Å². The quantitative estimate of drug-likeness (QED) is 0.0195. The van der Waals surface area contributed by atoms with Gasteiger partial charge in [-0.1, -0.05) is 288 Å². The van der Waals surface area contributed by atoms with Crippen LogP contribution in [0, 0.1) is 0 Å². The normalized spacial score (nSPS) is 19.2. The second-order valence-electron chi connectivity index (χ2n) is 22.8. The van der Waals surface area contributed by atoms with Gasteiger partial charge in [-0.15, -0.1) is 0 Å². The first kappa shape index (κ1) is 72.9. The van der Waals surface area contributed by atoms with Gasteiger partial charge in [-0.2, -0.15) is 0 Å². The molecule has 1 saturated heterocycles. The minimum atomic E-state index is -1.61. The lowest BCUT2D eigenvalue weighted by Gasteiger charge is -2.41. The number of hydrogen-bond donors (Lipinski definition) is 6. The zero-order chi connectivity index (χ0) is 56.1. The number of carbonyl (C=O) groups excluding carboxylic acids is 2. The minimum absolute atomic E-state index is 0.128. The maximum absolute atomic E-state index is 13.4. The predicted octanol–water partition coefficient (Wildman–Crippen LogP) is 15.8. The van der Waals surface area contributed by atoms with Gasteiger partial charge < -0.3 is 45.1 Å². The molecule has 1 aliphatic rings. The first-order valence-electron chi connectivity index (χ1n) is 32.8. The molecule has 77 heavy (non-hydrogen) atoms. The second kappa shape index (κ2) is 54.5. The van der Waals surface area contributed by atoms with Gasteiger partial charge in [0.15, 0.2) is 12.4 Å². The van der Waals surface area contributed by atoms with Gasteiger partial charge in [-0.3, -0.25) is 9.59 Å². The zero-order valence-electron chi connectivity index (χ0n) is 50.1. The summed E-state index contributed by atoms with van der Waals surface area (Å²) in [5.41, 5.74) is 0. The molecule has 1 amide bonds. The summed E-state index contributed by atoms with van der Waals surface area (Å²) in [7, 11) is 0. The Labute approximate surface area is 473 Å². The molecule has 452 valence electrons. The van der Waals surface area contributed by atoms with Crippen LogP contribution in [0.15, 0.2) is 36.5 Å². The number of esters is 1. The number of unbranched alkanes of at least 4 members (excludes halogenated alkanes) is 38. The molecule has 1 rings (SSSR count). The molecule has 0 aromatic carbocycles. The van der Waals surface area contributed by atoms with Gasteiger partial charge in [-0.25, -0.2) is 0 Å². The number of ether oxygens (including phenoxy) is 3. The number of carbonyl (C=O) groups is 2. The van der Waals surface area contributed by atoms with E-state index in [1.54, 1.807) is 6.08 Å². The molecule has 1 fully saturated rings. The van der Waals surface area contributed by atoms with Crippen LogP contribution in [0.25, 0.3) is 0 Å². The third-order valence-corrected chi connectivity index (χ3v) is 15.6. The summed E-state index contributed by atoms with van der Waals surface area (Å²) in [4.78, 5) is 26.6. The van der Waals surface area contributed by atoms with E-state index in [0.29, 0.717) is 12.8 Å². The highest BCUT2D eigenvalue weighted by atomic mass is 16.7. The molecule has 1 heterocycles. The Morgan fingerprint density at radius 2 is 0.935 bits per heavy atom. The predicted molar refractivity (Wildman–Crippen MR) is 320 cm³/mol. The molecule has 8 unspecified atom stereocenters. The molecule has 11 heteroatoms. The Morgan fingerprint density at radius 3 is 1.39 bits per heavy atom. The highest BCUT2D eigenvalue weighted by molar-refractivity contribution is 5.80. The van der Waals surface area contributed by atoms with Crippen molar-refractivity contribution in [3.05, 3.63) is 36.5 Å². The van der Waals surface area contributed by atoms with Crippen molar-refractivity contribution in [2.75, 3.05) is 13.2 Å². The molecular weight excluding hydrogens is 967 g/mol. The number of aliphatic hydroxyl groups excluding tert-OH is 5. The van der Waals surface area contributed by atoms with Gasteiger partial charge in [0.05, 0.1) is 25.4 Å². The molecular formula is C66H123NO10. The zero-order valence-corrected chi connectivity index (χ0v) is 50.1. The average Bonchev–Trinajstić information content (AvgIpc) is 3.43. The number of allylic oxidation sites excluding steroid dienone is 5. The van der Waals surface area contributed by atoms with Gasteiger partial charge in [0.2, 0.25) is 5.91 Å². The summed E-state index contributed by atoms with van der Waals surface area (Å²) >= 11 is 0. The molecule has 6 N–H and O–H groups in total. The maximum Gasteiger partial charge on any atom is 0.306 e. The molecule has 11 nitrogen and oxygen atoms in total. The highest BCUT2D eigenvalue weighted by Crippen LogP contribution is 2.26. The molecule has 0 aromatic heterocycles. The summed E-state index contributed by atoms with van der Waals surface area (Å²) in [6, 6.07) is -1.02. The van der Waals surface area contributed by atoms with E-state index in [9.17, 15) is 35.1 Å². The van der Waals surface area contributed by atoms with Crippen LogP contribution < -0.4 is 5.32 Å². The average molecular weight is 1090 g/mol. The Balaban J connectivity index is 2.58. The van der Waals surface area contributed by atoms with E-state index in [4.69, 9.17) is 14.2 Å². The lowest BCUT2D eigenvalue weighted by atomic mass is 9.99. The van der Waals surface area contributed by atoms with Gasteiger partial charge >= 0.3 is 5.97 Å². The van der Waals surface area contributed by atoms with Crippen LogP contribution in [0.2, 0.25) is 0 Å². The summed E-state index contributed by atoms with van der Waals surface area (Å²) < 4.78 is 17.6. The molecule has 0 spiro atoms. The van der Waals surface area contributed by atoms with Crippen LogP contribution in [-0.4, -0.2) is 99.6 Å². The smallest absolute Gasteiger partial charge is 0.306 e. The maximum atomic E-state index is 13.4. The molecule has 0 bridgehead atoms. The highest BCUT2D eigenvalue weighted by Gasteiger charge is 2.47. The van der Waals surface area contributed by atoms with Gasteiger partial charge in [0.25, 0.3) is 0 Å². The third kappa shape index (κ3) is 42.4. The van der Waals surface area contributed by atoms with Crippen molar-refractivity contribution < 1.29 is 49.3 Å². The SMILES string of the molecule is CC/C=C/C/C=C/CCCCCCCCC(O)C(=O)NC(COC1OC(CO)C(O)C(O)C1OC(=O)CCCCCCCCCCCCCCCCCCCCCCCCC)C(O)/C=C/CCCCCCCCCCCC. The van der Waals surface area contributed by atoms with Crippen molar-refractivity contribution in [3.8, 4) is 0 Å². The second-order valence-corrected chi connectivity index (χ2v) is 22.8. The Bertz CT molecular complexity index is 1390. The van der Waals surface area contributed by atoms with Crippen molar-refractivity contribution in [1.29, 1.82) is 0 Å². The van der Waals surface area contributed by atoms with E-state index in [1.165, 1.54) is 173 Å². The van der Waals surface area contributed by atoms with Crippen molar-refractivity contribution in [2.45, 2.75) is 359 Å². The Kier molecular flexibility index (Phi) is 51.6. The fourth-order valence-corrected chi connectivity index (χ4v) is 10.4. The summed E-state index contributed by atoms with van der Waals surface area (Å²) in [5, 5.41) is 57.0. The lowest BCUT2D eigenvalue weighted by Crippen LogP contribution is -2.61. The monoisotopic (exact) mass is 1090 g/mol. The molecule has 0 saturated carbocycles. The minimum Gasteiger partial charge on any atom is -0.454 e. The Morgan fingerprint density at radius 1 is 0.519 bits per heavy atom. The fourth-order valence-electron chi connectivity index (χ4n) is 10.4. The number of amides is 1. The van der Waals surface area contributed by atoms with Crippen molar-refractivity contribution in [1.82, 2.24) is 5.32 Å². The van der Waals surface area contributed by atoms with E-state index < -0.39 is 67.4 Å². The third-order valence-electron chi connectivity index (χ3n) is 15.6. The van der Waals surface area contributed by atoms with Crippen molar-refractivity contribution >= 4 is 11.9 Å². The van der Waals surface area contributed by atoms with Crippen LogP contribution in [0.1, 0.15) is 310 Å². The molecule has 0 aromatic rings. The number of aliphatic hydroxyl groups is 5. The topological polar surface area (TPSA) is 175 Å². The van der Waals surface area contributed by atoms with Crippen LogP contribution in [0.5, 0.6) is 0 Å². The Hall–Kier alpha value is -2.12. The van der Waals surface area contributed by atoms with Crippen LogP contribution in [-0.2, 0) is 23.8 Å². The van der Waals surface area contributed by atoms with Crippen LogP contribution in [0.4, 0.5) is 0 Å². The largest absolute Gasteiger partial charge is 0.454 e. The molecule has 1 aliphatic heterocycles. The fraction of sp³-hybridized carbons (Fsp3) is 0.879. The van der Waals surface area contributed by atoms with E-state index in [1.807, 2.05) is 6.08 Å². The summed E-state index contributed by atoms with van der Waals surface area (Å²) in [5.74, 6) is -1.19. The first-order valence-corrected chi connectivity index (χ1v) is 32.8. The number of hydrogen-bond acceptors (Lipinski definition) is 10. The van der Waals surface area contributed by atoms with Gasteiger partial charge in [-0.05, 0) is 51.4 Å². The van der Waals surface area contributed by atoms with Crippen molar-refractivity contribution in [3.63, 3.8) is 0 Å². The van der Waals surface area contributed by atoms with Gasteiger partial charge in [0.1, 0.15) is 24.4 Å². The van der Waals surface area contributed by atoms with Crippen LogP contribution >= 0.6 is 0 Å². The van der Waals surface area contributed by atoms with E-state index in [0.717, 1.165) is 89.9 Å². The van der Waals surface area contributed by atoms with E-state index in [-0.39, 0.29) is 19.4 Å². The van der Waals surface area contributed by atoms with Crippen molar-refractivity contribution in [2.24, 2.45) is 0 Å². The van der Waals surface area contributed by atoms with Gasteiger partial charge in [0, 0.05) is 6.42 Å². The summed E-state index contributed by atoms with van der Waals surface area (Å²) in [6.07, 6.45) is 54.8.